The summed E-state index contributed by atoms with van der Waals surface area (Å²) in [6, 6.07) is 60.3. The van der Waals surface area contributed by atoms with E-state index in [1.165, 1.54) is 38.3 Å². The summed E-state index contributed by atoms with van der Waals surface area (Å²) in [5.74, 6) is 0. The molecule has 0 aliphatic heterocycles. The molecule has 9 rings (SSSR count). The van der Waals surface area contributed by atoms with Crippen LogP contribution in [0.3, 0.4) is 0 Å². The zero-order valence-corrected chi connectivity index (χ0v) is 25.1. The molecular formula is C43H29N3. The zero-order valence-electron chi connectivity index (χ0n) is 25.1. The highest BCUT2D eigenvalue weighted by atomic mass is 15.0. The molecule has 0 saturated carbocycles. The molecule has 9 aromatic rings. The molecule has 3 heteroatoms. The van der Waals surface area contributed by atoms with Gasteiger partial charge in [0.15, 0.2) is 0 Å². The molecule has 0 aliphatic rings. The number of para-hydroxylation sites is 2. The van der Waals surface area contributed by atoms with Gasteiger partial charge < -0.3 is 9.13 Å². The van der Waals surface area contributed by atoms with Crippen LogP contribution < -0.4 is 0 Å². The Kier molecular flexibility index (Phi) is 6.14. The molecule has 0 amide bonds. The van der Waals surface area contributed by atoms with E-state index in [0.717, 1.165) is 39.5 Å². The Morgan fingerprint density at radius 1 is 0.370 bits per heavy atom. The lowest BCUT2D eigenvalue weighted by atomic mass is 10.00. The summed E-state index contributed by atoms with van der Waals surface area (Å²) < 4.78 is 4.70. The number of fused-ring (bicyclic) bond motifs is 5. The second kappa shape index (κ2) is 10.8. The lowest BCUT2D eigenvalue weighted by Crippen LogP contribution is -1.96. The van der Waals surface area contributed by atoms with E-state index in [1.807, 2.05) is 6.07 Å². The van der Waals surface area contributed by atoms with Crippen molar-refractivity contribution >= 4 is 32.7 Å². The zero-order chi connectivity index (χ0) is 30.5. The maximum Gasteiger partial charge on any atom is 0.0716 e. The Morgan fingerprint density at radius 2 is 1.00 bits per heavy atom. The lowest BCUT2D eigenvalue weighted by Gasteiger charge is -2.13. The fraction of sp³-hybridized carbons (Fsp3) is 0. The van der Waals surface area contributed by atoms with Crippen molar-refractivity contribution in [2.45, 2.75) is 0 Å². The van der Waals surface area contributed by atoms with Crippen molar-refractivity contribution < 1.29 is 0 Å². The first-order chi connectivity index (χ1) is 22.8. The van der Waals surface area contributed by atoms with Crippen molar-refractivity contribution in [2.24, 2.45) is 0 Å². The second-order valence-electron chi connectivity index (χ2n) is 11.7. The van der Waals surface area contributed by atoms with E-state index in [9.17, 15) is 0 Å². The highest BCUT2D eigenvalue weighted by molar-refractivity contribution is 6.18. The average Bonchev–Trinajstić information content (AvgIpc) is 3.72. The van der Waals surface area contributed by atoms with Gasteiger partial charge in [-0.2, -0.15) is 0 Å². The van der Waals surface area contributed by atoms with Gasteiger partial charge in [0, 0.05) is 44.9 Å². The molecule has 3 aromatic heterocycles. The van der Waals surface area contributed by atoms with Gasteiger partial charge in [0.2, 0.25) is 0 Å². The molecule has 0 aliphatic carbocycles. The van der Waals surface area contributed by atoms with Gasteiger partial charge in [0.25, 0.3) is 0 Å². The Morgan fingerprint density at radius 3 is 1.78 bits per heavy atom. The predicted molar refractivity (Wildman–Crippen MR) is 192 cm³/mol. The Labute approximate surface area is 267 Å². The van der Waals surface area contributed by atoms with Gasteiger partial charge >= 0.3 is 0 Å². The summed E-state index contributed by atoms with van der Waals surface area (Å²) in [5, 5.41) is 3.71. The summed E-state index contributed by atoms with van der Waals surface area (Å²) in [7, 11) is 0. The minimum Gasteiger partial charge on any atom is -0.316 e. The van der Waals surface area contributed by atoms with E-state index < -0.39 is 0 Å². The summed E-state index contributed by atoms with van der Waals surface area (Å²) in [5.41, 5.74) is 12.2. The first-order valence-electron chi connectivity index (χ1n) is 15.6. The van der Waals surface area contributed by atoms with Gasteiger partial charge in [-0.25, -0.2) is 4.98 Å². The Hall–Kier alpha value is -6.19. The van der Waals surface area contributed by atoms with Crippen molar-refractivity contribution in [3.63, 3.8) is 0 Å². The van der Waals surface area contributed by atoms with Crippen molar-refractivity contribution in [3.05, 3.63) is 176 Å². The molecule has 216 valence electrons. The lowest BCUT2D eigenvalue weighted by molar-refractivity contribution is 1.13. The number of pyridine rings is 1. The molecular weight excluding hydrogens is 558 g/mol. The fourth-order valence-electron chi connectivity index (χ4n) is 6.79. The van der Waals surface area contributed by atoms with Crippen molar-refractivity contribution in [1.29, 1.82) is 0 Å². The van der Waals surface area contributed by atoms with Gasteiger partial charge in [0.05, 0.1) is 27.9 Å². The fourth-order valence-corrected chi connectivity index (χ4v) is 6.79. The quantitative estimate of drug-likeness (QED) is 0.196. The van der Waals surface area contributed by atoms with Crippen molar-refractivity contribution in [2.75, 3.05) is 0 Å². The number of hydrogen-bond donors (Lipinski definition) is 0. The normalized spacial score (nSPS) is 11.5. The molecule has 0 radical (unpaired) electrons. The highest BCUT2D eigenvalue weighted by Gasteiger charge is 2.18. The van der Waals surface area contributed by atoms with E-state index in [4.69, 9.17) is 4.98 Å². The highest BCUT2D eigenvalue weighted by Crippen LogP contribution is 2.38. The smallest absolute Gasteiger partial charge is 0.0716 e. The largest absolute Gasteiger partial charge is 0.316 e. The van der Waals surface area contributed by atoms with Crippen molar-refractivity contribution in [3.8, 4) is 45.0 Å². The summed E-state index contributed by atoms with van der Waals surface area (Å²) in [6.45, 7) is 0. The molecule has 0 unspecified atom stereocenters. The van der Waals surface area contributed by atoms with Crippen LogP contribution in [0.4, 0.5) is 0 Å². The third-order valence-corrected chi connectivity index (χ3v) is 8.94. The van der Waals surface area contributed by atoms with Crippen LogP contribution in [0.2, 0.25) is 0 Å². The van der Waals surface area contributed by atoms with Crippen LogP contribution in [-0.4, -0.2) is 14.1 Å². The van der Waals surface area contributed by atoms with Crippen LogP contribution in [0.15, 0.2) is 176 Å². The van der Waals surface area contributed by atoms with E-state index in [-0.39, 0.29) is 0 Å². The summed E-state index contributed by atoms with van der Waals surface area (Å²) in [4.78, 5) is 5.22. The van der Waals surface area contributed by atoms with E-state index in [2.05, 4.69) is 179 Å². The van der Waals surface area contributed by atoms with Gasteiger partial charge in [-0.1, -0.05) is 115 Å². The maximum absolute atomic E-state index is 5.22. The Balaban J connectivity index is 1.27. The number of aromatic nitrogens is 3. The van der Waals surface area contributed by atoms with Crippen LogP contribution in [-0.2, 0) is 0 Å². The SMILES string of the molecule is c1ccc(-c2cc(-c3ccccc3)nc(-c3cccc(-n4c5ccccc5c5ccc6c(ccn6-c6ccccc6)c54)c3)c2)cc1. The van der Waals surface area contributed by atoms with Crippen molar-refractivity contribution in [1.82, 2.24) is 14.1 Å². The molecule has 0 N–H and O–H groups in total. The standard InChI is InChI=1S/C43H29N3/c1-4-13-30(14-5-1)33-28-39(31-15-6-2-7-16-31)44-40(29-33)32-17-12-20-35(27-32)46-42-22-11-10-21-36(42)37-23-24-41-38(43(37)46)25-26-45(41)34-18-8-3-9-19-34/h1-29H. The van der Waals surface area contributed by atoms with Crippen LogP contribution in [0.5, 0.6) is 0 Å². The molecule has 0 bridgehead atoms. The average molecular weight is 588 g/mol. The number of rotatable bonds is 5. The minimum absolute atomic E-state index is 0.947. The molecule has 3 heterocycles. The Bertz CT molecular complexity index is 2450. The molecule has 0 fully saturated rings. The first kappa shape index (κ1) is 26.2. The predicted octanol–water partition coefficient (Wildman–Crippen LogP) is 11.1. The van der Waals surface area contributed by atoms with Crippen LogP contribution >= 0.6 is 0 Å². The topological polar surface area (TPSA) is 22.8 Å². The summed E-state index contributed by atoms with van der Waals surface area (Å²) in [6.07, 6.45) is 2.18. The number of nitrogens with zero attached hydrogens (tertiary/aromatic N) is 3. The maximum atomic E-state index is 5.22. The first-order valence-corrected chi connectivity index (χ1v) is 15.6. The van der Waals surface area contributed by atoms with E-state index in [0.29, 0.717) is 0 Å². The van der Waals surface area contributed by atoms with Gasteiger partial charge in [-0.3, -0.25) is 0 Å². The van der Waals surface area contributed by atoms with Gasteiger partial charge in [-0.15, -0.1) is 0 Å². The third kappa shape index (κ3) is 4.33. The molecule has 0 spiro atoms. The third-order valence-electron chi connectivity index (χ3n) is 8.94. The molecule has 46 heavy (non-hydrogen) atoms. The van der Waals surface area contributed by atoms with Crippen LogP contribution in [0.25, 0.3) is 77.7 Å². The molecule has 6 aromatic carbocycles. The molecule has 0 saturated heterocycles. The van der Waals surface area contributed by atoms with E-state index >= 15 is 0 Å². The van der Waals surface area contributed by atoms with Crippen LogP contribution in [0.1, 0.15) is 0 Å². The second-order valence-corrected chi connectivity index (χ2v) is 11.7. The van der Waals surface area contributed by atoms with Gasteiger partial charge in [0.1, 0.15) is 0 Å². The van der Waals surface area contributed by atoms with Gasteiger partial charge in [-0.05, 0) is 65.7 Å². The number of benzene rings is 6. The van der Waals surface area contributed by atoms with Crippen LogP contribution in [0, 0.1) is 0 Å². The molecule has 0 atom stereocenters. The summed E-state index contributed by atoms with van der Waals surface area (Å²) >= 11 is 0. The van der Waals surface area contributed by atoms with E-state index in [1.54, 1.807) is 0 Å². The number of hydrogen-bond acceptors (Lipinski definition) is 1. The minimum atomic E-state index is 0.947. The molecule has 3 nitrogen and oxygen atoms in total. The monoisotopic (exact) mass is 587 g/mol.